The smallest absolute Gasteiger partial charge is 0.294 e. The molecule has 1 aliphatic rings. The number of carbonyl (C=O) groups is 1. The molecule has 0 aromatic heterocycles. The maximum Gasteiger partial charge on any atom is 0.294 e. The van der Waals surface area contributed by atoms with Crippen molar-refractivity contribution in [3.8, 4) is 5.75 Å². The van der Waals surface area contributed by atoms with Crippen LogP contribution in [0.5, 0.6) is 5.75 Å². The average Bonchev–Trinajstić information content (AvgIpc) is 2.68. The third-order valence-electron chi connectivity index (χ3n) is 4.24. The van der Waals surface area contributed by atoms with Crippen LogP contribution in [0.4, 0.5) is 17.1 Å². The van der Waals surface area contributed by atoms with Crippen LogP contribution < -0.4 is 15.0 Å². The number of ether oxygens (including phenoxy) is 2. The van der Waals surface area contributed by atoms with E-state index >= 15 is 0 Å². The molecule has 1 aliphatic heterocycles. The van der Waals surface area contributed by atoms with E-state index in [1.807, 2.05) is 4.90 Å². The number of methoxy groups -OCH3 is 1. The van der Waals surface area contributed by atoms with Crippen molar-refractivity contribution in [2.45, 2.75) is 0 Å². The minimum absolute atomic E-state index is 0.101. The van der Waals surface area contributed by atoms with Crippen molar-refractivity contribution in [2.75, 3.05) is 43.6 Å². The fourth-order valence-electron chi connectivity index (χ4n) is 2.95. The van der Waals surface area contributed by atoms with Gasteiger partial charge in [-0.1, -0.05) is 23.2 Å². The van der Waals surface area contributed by atoms with Crippen molar-refractivity contribution in [3.05, 3.63) is 56.1 Å². The van der Waals surface area contributed by atoms with Gasteiger partial charge in [-0.2, -0.15) is 0 Å². The van der Waals surface area contributed by atoms with Gasteiger partial charge in [-0.05, 0) is 24.3 Å². The highest BCUT2D eigenvalue weighted by Gasteiger charge is 2.23. The number of morpholine rings is 1. The first-order chi connectivity index (χ1) is 13.4. The van der Waals surface area contributed by atoms with Crippen LogP contribution in [-0.2, 0) is 4.74 Å². The van der Waals surface area contributed by atoms with E-state index in [0.717, 1.165) is 0 Å². The SMILES string of the molecule is COc1c(Cl)cc(Cl)cc1C(=O)Nc1ccc(N2CCOCC2)c([N+](=O)[O-])c1. The minimum atomic E-state index is -0.547. The first-order valence-electron chi connectivity index (χ1n) is 8.36. The number of nitro groups is 1. The lowest BCUT2D eigenvalue weighted by Gasteiger charge is -2.28. The summed E-state index contributed by atoms with van der Waals surface area (Å²) in [5.41, 5.74) is 0.775. The highest BCUT2D eigenvalue weighted by atomic mass is 35.5. The topological polar surface area (TPSA) is 93.9 Å². The van der Waals surface area contributed by atoms with E-state index in [1.165, 1.54) is 25.3 Å². The molecule has 0 radical (unpaired) electrons. The summed E-state index contributed by atoms with van der Waals surface area (Å²) >= 11 is 12.0. The quantitative estimate of drug-likeness (QED) is 0.574. The molecule has 0 saturated carbocycles. The van der Waals surface area contributed by atoms with Crippen LogP contribution in [0.2, 0.25) is 10.0 Å². The number of nitro benzene ring substituents is 1. The highest BCUT2D eigenvalue weighted by molar-refractivity contribution is 6.36. The maximum atomic E-state index is 12.7. The third-order valence-corrected chi connectivity index (χ3v) is 4.74. The lowest BCUT2D eigenvalue weighted by atomic mass is 10.1. The molecular weight excluding hydrogens is 409 g/mol. The molecule has 28 heavy (non-hydrogen) atoms. The number of nitrogens with one attached hydrogen (secondary N) is 1. The van der Waals surface area contributed by atoms with Crippen LogP contribution in [-0.4, -0.2) is 44.2 Å². The Bertz CT molecular complexity index is 916. The molecule has 10 heteroatoms. The van der Waals surface area contributed by atoms with E-state index in [-0.39, 0.29) is 32.7 Å². The van der Waals surface area contributed by atoms with E-state index in [0.29, 0.717) is 32.0 Å². The number of nitrogens with zero attached hydrogens (tertiary/aromatic N) is 2. The van der Waals surface area contributed by atoms with Crippen LogP contribution in [0, 0.1) is 10.1 Å². The van der Waals surface area contributed by atoms with E-state index in [9.17, 15) is 14.9 Å². The number of hydrogen-bond acceptors (Lipinski definition) is 6. The summed E-state index contributed by atoms with van der Waals surface area (Å²) in [6, 6.07) is 7.41. The first-order valence-corrected chi connectivity index (χ1v) is 9.12. The van der Waals surface area contributed by atoms with Crippen LogP contribution in [0.25, 0.3) is 0 Å². The zero-order chi connectivity index (χ0) is 20.3. The van der Waals surface area contributed by atoms with Crippen LogP contribution in [0.1, 0.15) is 10.4 Å². The van der Waals surface area contributed by atoms with Gasteiger partial charge in [0.15, 0.2) is 0 Å². The van der Waals surface area contributed by atoms with E-state index in [2.05, 4.69) is 5.32 Å². The highest BCUT2D eigenvalue weighted by Crippen LogP contribution is 2.34. The van der Waals surface area contributed by atoms with Gasteiger partial charge in [0.05, 0.1) is 35.8 Å². The fraction of sp³-hybridized carbons (Fsp3) is 0.278. The van der Waals surface area contributed by atoms with Crippen molar-refractivity contribution >= 4 is 46.2 Å². The van der Waals surface area contributed by atoms with Crippen molar-refractivity contribution in [2.24, 2.45) is 0 Å². The molecule has 1 heterocycles. The predicted octanol–water partition coefficient (Wildman–Crippen LogP) is 4.00. The zero-order valence-corrected chi connectivity index (χ0v) is 16.4. The Morgan fingerprint density at radius 3 is 2.61 bits per heavy atom. The summed E-state index contributed by atoms with van der Waals surface area (Å²) in [6.45, 7) is 2.13. The Morgan fingerprint density at radius 1 is 1.25 bits per heavy atom. The van der Waals surface area contributed by atoms with Gasteiger partial charge in [0, 0.05) is 29.9 Å². The molecule has 1 N–H and O–H groups in total. The molecule has 0 atom stereocenters. The second-order valence-corrected chi connectivity index (χ2v) is 6.83. The molecule has 0 aliphatic carbocycles. The molecule has 0 bridgehead atoms. The van der Waals surface area contributed by atoms with Crippen molar-refractivity contribution < 1.29 is 19.2 Å². The van der Waals surface area contributed by atoms with Gasteiger partial charge in [-0.25, -0.2) is 0 Å². The molecule has 2 aromatic rings. The fourth-order valence-corrected chi connectivity index (χ4v) is 3.52. The van der Waals surface area contributed by atoms with Gasteiger partial charge in [-0.3, -0.25) is 14.9 Å². The minimum Gasteiger partial charge on any atom is -0.494 e. The lowest BCUT2D eigenvalue weighted by molar-refractivity contribution is -0.384. The Morgan fingerprint density at radius 2 is 1.96 bits per heavy atom. The molecule has 3 rings (SSSR count). The van der Waals surface area contributed by atoms with Crippen molar-refractivity contribution in [3.63, 3.8) is 0 Å². The van der Waals surface area contributed by atoms with Crippen LogP contribution >= 0.6 is 23.2 Å². The molecule has 1 fully saturated rings. The van der Waals surface area contributed by atoms with Crippen molar-refractivity contribution in [1.82, 2.24) is 0 Å². The summed E-state index contributed by atoms with van der Waals surface area (Å²) in [6.07, 6.45) is 0. The van der Waals surface area contributed by atoms with Crippen LogP contribution in [0.15, 0.2) is 30.3 Å². The number of hydrogen-bond donors (Lipinski definition) is 1. The van der Waals surface area contributed by atoms with Gasteiger partial charge >= 0.3 is 0 Å². The average molecular weight is 426 g/mol. The van der Waals surface area contributed by atoms with E-state index < -0.39 is 10.8 Å². The van der Waals surface area contributed by atoms with E-state index in [1.54, 1.807) is 12.1 Å². The lowest BCUT2D eigenvalue weighted by Crippen LogP contribution is -2.36. The first kappa shape index (κ1) is 20.2. The zero-order valence-electron chi connectivity index (χ0n) is 14.9. The number of carbonyl (C=O) groups excluding carboxylic acids is 1. The molecule has 0 spiro atoms. The molecule has 1 saturated heterocycles. The van der Waals surface area contributed by atoms with Gasteiger partial charge in [0.25, 0.3) is 11.6 Å². The number of benzene rings is 2. The molecule has 2 aromatic carbocycles. The normalized spacial score (nSPS) is 13.9. The monoisotopic (exact) mass is 425 g/mol. The molecule has 1 amide bonds. The van der Waals surface area contributed by atoms with Gasteiger partial charge in [0.1, 0.15) is 11.4 Å². The van der Waals surface area contributed by atoms with E-state index in [4.69, 9.17) is 32.7 Å². The van der Waals surface area contributed by atoms with Gasteiger partial charge in [0.2, 0.25) is 0 Å². The standard InChI is InChI=1S/C18H17Cl2N3O5/c1-27-17-13(8-11(19)9-14(17)20)18(24)21-12-2-3-15(16(10-12)23(25)26)22-4-6-28-7-5-22/h2-3,8-10H,4-7H2,1H3,(H,21,24). The number of halogens is 2. The molecule has 8 nitrogen and oxygen atoms in total. The summed E-state index contributed by atoms with van der Waals surface area (Å²) < 4.78 is 10.5. The second kappa shape index (κ2) is 8.64. The summed E-state index contributed by atoms with van der Waals surface area (Å²) in [5.74, 6) is -0.377. The maximum absolute atomic E-state index is 12.7. The third kappa shape index (κ3) is 4.30. The molecular formula is C18H17Cl2N3O5. The number of anilines is 2. The summed E-state index contributed by atoms with van der Waals surface area (Å²) in [4.78, 5) is 25.6. The Kier molecular flexibility index (Phi) is 6.23. The number of rotatable bonds is 5. The molecule has 0 unspecified atom stereocenters. The summed E-state index contributed by atoms with van der Waals surface area (Å²) in [7, 11) is 1.38. The van der Waals surface area contributed by atoms with Gasteiger partial charge < -0.3 is 19.7 Å². The summed E-state index contributed by atoms with van der Waals surface area (Å²) in [5, 5.41) is 14.6. The number of amides is 1. The predicted molar refractivity (Wildman–Crippen MR) is 107 cm³/mol. The van der Waals surface area contributed by atoms with Gasteiger partial charge in [-0.15, -0.1) is 0 Å². The second-order valence-electron chi connectivity index (χ2n) is 5.98. The Labute approximate surface area is 171 Å². The van der Waals surface area contributed by atoms with Crippen molar-refractivity contribution in [1.29, 1.82) is 0 Å². The van der Waals surface area contributed by atoms with Crippen LogP contribution in [0.3, 0.4) is 0 Å². The largest absolute Gasteiger partial charge is 0.494 e. The Hall–Kier alpha value is -2.55. The Balaban J connectivity index is 1.90. The molecule has 148 valence electrons.